The molecule has 0 bridgehead atoms. The monoisotopic (exact) mass is 263 g/mol. The van der Waals surface area contributed by atoms with E-state index in [1.807, 2.05) is 19.9 Å². The molecule has 1 fully saturated rings. The predicted octanol–water partition coefficient (Wildman–Crippen LogP) is 1.86. The maximum atomic E-state index is 11.4. The number of aliphatic carboxylic acids is 1. The first-order chi connectivity index (χ1) is 9.05. The van der Waals surface area contributed by atoms with Crippen molar-refractivity contribution in [1.82, 2.24) is 14.9 Å². The second kappa shape index (κ2) is 5.65. The van der Waals surface area contributed by atoms with Gasteiger partial charge >= 0.3 is 5.97 Å². The molecule has 5 nitrogen and oxygen atoms in total. The van der Waals surface area contributed by atoms with Gasteiger partial charge in [0, 0.05) is 12.7 Å². The van der Waals surface area contributed by atoms with Crippen LogP contribution in [0.1, 0.15) is 37.7 Å². The minimum absolute atomic E-state index is 0.516. The van der Waals surface area contributed by atoms with E-state index in [2.05, 4.69) is 14.9 Å². The van der Waals surface area contributed by atoms with E-state index in [1.165, 1.54) is 0 Å². The van der Waals surface area contributed by atoms with E-state index in [4.69, 9.17) is 0 Å². The van der Waals surface area contributed by atoms with Crippen molar-refractivity contribution in [3.63, 3.8) is 0 Å². The highest BCUT2D eigenvalue weighted by Gasteiger charge is 2.39. The fraction of sp³-hybridized carbons (Fsp3) is 0.643. The third-order valence-electron chi connectivity index (χ3n) is 4.16. The summed E-state index contributed by atoms with van der Waals surface area (Å²) in [7, 11) is 0. The number of carbonyl (C=O) groups is 1. The lowest BCUT2D eigenvalue weighted by Gasteiger charge is -2.38. The summed E-state index contributed by atoms with van der Waals surface area (Å²) in [6.07, 6.45) is 3.93. The standard InChI is InChI=1S/C14H21N3O2/c1-3-14(13(18)19)5-8-17(9-6-14)10-12-4-7-15-11(2)16-12/h4,7H,3,5-6,8-10H2,1-2H3,(H,18,19). The number of nitrogens with zero attached hydrogens (tertiary/aromatic N) is 3. The van der Waals surface area contributed by atoms with Gasteiger partial charge in [0.05, 0.1) is 11.1 Å². The van der Waals surface area contributed by atoms with Gasteiger partial charge in [-0.2, -0.15) is 0 Å². The molecule has 1 N–H and O–H groups in total. The van der Waals surface area contributed by atoms with Gasteiger partial charge in [0.15, 0.2) is 0 Å². The van der Waals surface area contributed by atoms with Gasteiger partial charge in [0.25, 0.3) is 0 Å². The predicted molar refractivity (Wildman–Crippen MR) is 71.6 cm³/mol. The maximum absolute atomic E-state index is 11.4. The molecule has 0 saturated carbocycles. The summed E-state index contributed by atoms with van der Waals surface area (Å²) in [5.74, 6) is 0.135. The van der Waals surface area contributed by atoms with Crippen molar-refractivity contribution < 1.29 is 9.90 Å². The number of likely N-dealkylation sites (tertiary alicyclic amines) is 1. The Kier molecular flexibility index (Phi) is 4.14. The average molecular weight is 263 g/mol. The third-order valence-corrected chi connectivity index (χ3v) is 4.16. The molecule has 2 rings (SSSR count). The molecule has 1 aliphatic heterocycles. The lowest BCUT2D eigenvalue weighted by atomic mass is 9.76. The first-order valence-electron chi connectivity index (χ1n) is 6.80. The molecule has 104 valence electrons. The Morgan fingerprint density at radius 3 is 2.68 bits per heavy atom. The van der Waals surface area contributed by atoms with Crippen LogP contribution in [0.15, 0.2) is 12.3 Å². The summed E-state index contributed by atoms with van der Waals surface area (Å²) < 4.78 is 0. The van der Waals surface area contributed by atoms with E-state index in [0.29, 0.717) is 6.42 Å². The van der Waals surface area contributed by atoms with Crippen LogP contribution in [0, 0.1) is 12.3 Å². The van der Waals surface area contributed by atoms with Crippen LogP contribution in [-0.2, 0) is 11.3 Å². The maximum Gasteiger partial charge on any atom is 0.309 e. The molecule has 1 aromatic rings. The summed E-state index contributed by atoms with van der Waals surface area (Å²) in [6, 6.07) is 1.92. The van der Waals surface area contributed by atoms with Crippen LogP contribution in [0.4, 0.5) is 0 Å². The first kappa shape index (κ1) is 13.9. The number of carboxylic acids is 1. The number of rotatable bonds is 4. The van der Waals surface area contributed by atoms with Gasteiger partial charge in [-0.05, 0) is 45.3 Å². The normalized spacial score (nSPS) is 19.3. The summed E-state index contributed by atoms with van der Waals surface area (Å²) >= 11 is 0. The molecule has 5 heteroatoms. The molecule has 0 unspecified atom stereocenters. The SMILES string of the molecule is CCC1(C(=O)O)CCN(Cc2ccnc(C)n2)CC1. The second-order valence-corrected chi connectivity index (χ2v) is 5.31. The highest BCUT2D eigenvalue weighted by atomic mass is 16.4. The van der Waals surface area contributed by atoms with E-state index < -0.39 is 11.4 Å². The molecule has 2 heterocycles. The molecule has 1 aromatic heterocycles. The van der Waals surface area contributed by atoms with Gasteiger partial charge in [-0.25, -0.2) is 9.97 Å². The van der Waals surface area contributed by atoms with Gasteiger partial charge in [-0.15, -0.1) is 0 Å². The minimum atomic E-state index is -0.646. The van der Waals surface area contributed by atoms with Crippen molar-refractivity contribution in [2.75, 3.05) is 13.1 Å². The van der Waals surface area contributed by atoms with Crippen LogP contribution >= 0.6 is 0 Å². The van der Waals surface area contributed by atoms with Crippen molar-refractivity contribution in [2.24, 2.45) is 5.41 Å². The third kappa shape index (κ3) is 3.10. The van der Waals surface area contributed by atoms with Crippen molar-refractivity contribution in [2.45, 2.75) is 39.7 Å². The lowest BCUT2D eigenvalue weighted by Crippen LogP contribution is -2.43. The molecule has 1 saturated heterocycles. The summed E-state index contributed by atoms with van der Waals surface area (Å²) in [4.78, 5) is 22.1. The number of aryl methyl sites for hydroxylation is 1. The molecule has 0 amide bonds. The van der Waals surface area contributed by atoms with E-state index in [0.717, 1.165) is 44.0 Å². The van der Waals surface area contributed by atoms with Crippen LogP contribution in [-0.4, -0.2) is 39.0 Å². The second-order valence-electron chi connectivity index (χ2n) is 5.31. The van der Waals surface area contributed by atoms with E-state index in [9.17, 15) is 9.90 Å². The fourth-order valence-electron chi connectivity index (χ4n) is 2.68. The molecule has 0 spiro atoms. The Bertz CT molecular complexity index is 454. The number of carboxylic acid groups (broad SMARTS) is 1. The molecule has 0 atom stereocenters. The van der Waals surface area contributed by atoms with Crippen molar-refractivity contribution in [3.8, 4) is 0 Å². The zero-order chi connectivity index (χ0) is 13.9. The van der Waals surface area contributed by atoms with Crippen LogP contribution in [0.2, 0.25) is 0 Å². The molecule has 0 aliphatic carbocycles. The first-order valence-corrected chi connectivity index (χ1v) is 6.80. The van der Waals surface area contributed by atoms with Gasteiger partial charge < -0.3 is 5.11 Å². The van der Waals surface area contributed by atoms with Crippen LogP contribution < -0.4 is 0 Å². The van der Waals surface area contributed by atoms with Crippen molar-refractivity contribution >= 4 is 5.97 Å². The van der Waals surface area contributed by atoms with Crippen molar-refractivity contribution in [3.05, 3.63) is 23.8 Å². The molecular weight excluding hydrogens is 242 g/mol. The molecule has 1 aliphatic rings. The largest absolute Gasteiger partial charge is 0.481 e. The van der Waals surface area contributed by atoms with Gasteiger partial charge in [-0.3, -0.25) is 9.69 Å². The highest BCUT2D eigenvalue weighted by Crippen LogP contribution is 2.35. The lowest BCUT2D eigenvalue weighted by molar-refractivity contribution is -0.152. The Morgan fingerprint density at radius 2 is 2.16 bits per heavy atom. The average Bonchev–Trinajstić information content (AvgIpc) is 2.39. The summed E-state index contributed by atoms with van der Waals surface area (Å²) in [5, 5.41) is 9.36. The van der Waals surface area contributed by atoms with Crippen LogP contribution in [0.3, 0.4) is 0 Å². The van der Waals surface area contributed by atoms with Gasteiger partial charge in [-0.1, -0.05) is 6.92 Å². The van der Waals surface area contributed by atoms with E-state index >= 15 is 0 Å². The zero-order valence-electron chi connectivity index (χ0n) is 11.6. The van der Waals surface area contributed by atoms with Gasteiger partial charge in [0.1, 0.15) is 5.82 Å². The van der Waals surface area contributed by atoms with Crippen LogP contribution in [0.25, 0.3) is 0 Å². The number of aromatic nitrogens is 2. The Hall–Kier alpha value is -1.49. The fourth-order valence-corrected chi connectivity index (χ4v) is 2.68. The van der Waals surface area contributed by atoms with Crippen molar-refractivity contribution in [1.29, 1.82) is 0 Å². The zero-order valence-corrected chi connectivity index (χ0v) is 11.6. The van der Waals surface area contributed by atoms with E-state index in [1.54, 1.807) is 6.20 Å². The number of hydrogen-bond acceptors (Lipinski definition) is 4. The molecule has 19 heavy (non-hydrogen) atoms. The smallest absolute Gasteiger partial charge is 0.309 e. The highest BCUT2D eigenvalue weighted by molar-refractivity contribution is 5.74. The Labute approximate surface area is 113 Å². The topological polar surface area (TPSA) is 66.3 Å². The number of piperidine rings is 1. The Morgan fingerprint density at radius 1 is 1.47 bits per heavy atom. The van der Waals surface area contributed by atoms with Crippen LogP contribution in [0.5, 0.6) is 0 Å². The van der Waals surface area contributed by atoms with Gasteiger partial charge in [0.2, 0.25) is 0 Å². The molecule has 0 radical (unpaired) electrons. The Balaban J connectivity index is 1.95. The summed E-state index contributed by atoms with van der Waals surface area (Å²) in [6.45, 7) is 6.28. The number of hydrogen-bond donors (Lipinski definition) is 1. The summed E-state index contributed by atoms with van der Waals surface area (Å²) in [5.41, 5.74) is 0.491. The quantitative estimate of drug-likeness (QED) is 0.898. The minimum Gasteiger partial charge on any atom is -0.481 e. The molecule has 0 aromatic carbocycles. The molecular formula is C14H21N3O2. The van der Waals surface area contributed by atoms with E-state index in [-0.39, 0.29) is 0 Å².